The largest absolute Gasteiger partial charge is 0.361 e. The number of hydrogen-bond donors (Lipinski definition) is 3. The minimum atomic E-state index is -0.00271. The predicted molar refractivity (Wildman–Crippen MR) is 97.5 cm³/mol. The fraction of sp³-hybridized carbons (Fsp3) is 0.200. The van der Waals surface area contributed by atoms with Crippen LogP contribution in [0.4, 0.5) is 5.69 Å². The zero-order chi connectivity index (χ0) is 17.2. The minimum absolute atomic E-state index is 0.00271. The van der Waals surface area contributed by atoms with E-state index in [1.54, 1.807) is 0 Å². The number of carbonyl (C=O) groups excluding carboxylic acids is 2. The van der Waals surface area contributed by atoms with Crippen molar-refractivity contribution in [2.75, 3.05) is 11.9 Å². The molecular formula is C20H19N3O2. The normalized spacial score (nSPS) is 12.9. The Morgan fingerprint density at radius 1 is 1.16 bits per heavy atom. The fourth-order valence-electron chi connectivity index (χ4n) is 3.32. The van der Waals surface area contributed by atoms with E-state index in [1.165, 1.54) is 10.9 Å². The summed E-state index contributed by atoms with van der Waals surface area (Å²) in [5, 5.41) is 6.98. The summed E-state index contributed by atoms with van der Waals surface area (Å²) < 4.78 is 0. The molecule has 3 N–H and O–H groups in total. The van der Waals surface area contributed by atoms with E-state index in [9.17, 15) is 9.59 Å². The summed E-state index contributed by atoms with van der Waals surface area (Å²) in [6.45, 7) is 0.603. The molecule has 0 aliphatic carbocycles. The fourth-order valence-corrected chi connectivity index (χ4v) is 3.32. The van der Waals surface area contributed by atoms with Crippen LogP contribution >= 0.6 is 0 Å². The first-order valence-electron chi connectivity index (χ1n) is 8.42. The maximum Gasteiger partial charge on any atom is 0.228 e. The van der Waals surface area contributed by atoms with E-state index in [4.69, 9.17) is 0 Å². The molecule has 0 unspecified atom stereocenters. The first-order valence-corrected chi connectivity index (χ1v) is 8.42. The van der Waals surface area contributed by atoms with Crippen LogP contribution in [0.1, 0.15) is 16.7 Å². The zero-order valence-corrected chi connectivity index (χ0v) is 13.8. The smallest absolute Gasteiger partial charge is 0.228 e. The molecule has 2 aromatic carbocycles. The molecule has 5 heteroatoms. The van der Waals surface area contributed by atoms with Crippen LogP contribution in [0.25, 0.3) is 10.9 Å². The van der Waals surface area contributed by atoms with Gasteiger partial charge in [-0.25, -0.2) is 0 Å². The molecule has 2 amide bonds. The van der Waals surface area contributed by atoms with Crippen LogP contribution in [-0.4, -0.2) is 23.3 Å². The third kappa shape index (κ3) is 3.26. The molecule has 25 heavy (non-hydrogen) atoms. The Labute approximate surface area is 145 Å². The van der Waals surface area contributed by atoms with Gasteiger partial charge >= 0.3 is 0 Å². The van der Waals surface area contributed by atoms with E-state index in [0.29, 0.717) is 19.4 Å². The van der Waals surface area contributed by atoms with Crippen molar-refractivity contribution in [3.63, 3.8) is 0 Å². The molecule has 4 rings (SSSR count). The molecule has 1 aliphatic heterocycles. The van der Waals surface area contributed by atoms with Gasteiger partial charge in [-0.3, -0.25) is 9.59 Å². The van der Waals surface area contributed by atoms with E-state index in [1.807, 2.05) is 42.6 Å². The first-order chi connectivity index (χ1) is 12.2. The van der Waals surface area contributed by atoms with E-state index < -0.39 is 0 Å². The van der Waals surface area contributed by atoms with Crippen molar-refractivity contribution in [2.45, 2.75) is 19.3 Å². The molecule has 0 atom stereocenters. The second-order valence-electron chi connectivity index (χ2n) is 6.35. The van der Waals surface area contributed by atoms with Crippen molar-refractivity contribution in [2.24, 2.45) is 0 Å². The van der Waals surface area contributed by atoms with Gasteiger partial charge in [-0.05, 0) is 35.2 Å². The molecule has 126 valence electrons. The van der Waals surface area contributed by atoms with Gasteiger partial charge in [-0.2, -0.15) is 0 Å². The Morgan fingerprint density at radius 2 is 2.04 bits per heavy atom. The van der Waals surface area contributed by atoms with Crippen LogP contribution in [0, 0.1) is 0 Å². The molecule has 0 fully saturated rings. The van der Waals surface area contributed by atoms with Crippen molar-refractivity contribution < 1.29 is 9.59 Å². The lowest BCUT2D eigenvalue weighted by Crippen LogP contribution is -2.27. The predicted octanol–water partition coefficient (Wildman–Crippen LogP) is 2.56. The quantitative estimate of drug-likeness (QED) is 0.671. The van der Waals surface area contributed by atoms with Crippen molar-refractivity contribution in [1.29, 1.82) is 0 Å². The minimum Gasteiger partial charge on any atom is -0.361 e. The van der Waals surface area contributed by atoms with Crippen LogP contribution in [0.15, 0.2) is 48.7 Å². The summed E-state index contributed by atoms with van der Waals surface area (Å²) in [5.41, 5.74) is 5.07. The Bertz CT molecular complexity index is 958. The highest BCUT2D eigenvalue weighted by atomic mass is 16.2. The number of rotatable bonds is 5. The van der Waals surface area contributed by atoms with Gasteiger partial charge in [0.1, 0.15) is 0 Å². The van der Waals surface area contributed by atoms with Gasteiger partial charge in [-0.15, -0.1) is 0 Å². The SMILES string of the molecule is O=C(Cc1ccc2c(c1)CC(=O)N2)NCCc1c[nH]c2ccccc12. The van der Waals surface area contributed by atoms with Crippen LogP contribution in [-0.2, 0) is 28.9 Å². The van der Waals surface area contributed by atoms with Crippen molar-refractivity contribution >= 4 is 28.4 Å². The summed E-state index contributed by atoms with van der Waals surface area (Å²) in [5.74, 6) is 0.00686. The van der Waals surface area contributed by atoms with E-state index >= 15 is 0 Å². The molecule has 0 bridgehead atoms. The van der Waals surface area contributed by atoms with Crippen LogP contribution < -0.4 is 10.6 Å². The Morgan fingerprint density at radius 3 is 2.96 bits per heavy atom. The van der Waals surface area contributed by atoms with Gasteiger partial charge in [-0.1, -0.05) is 30.3 Å². The van der Waals surface area contributed by atoms with Gasteiger partial charge in [0, 0.05) is 29.3 Å². The molecule has 1 aromatic heterocycles. The molecule has 0 saturated heterocycles. The van der Waals surface area contributed by atoms with E-state index in [2.05, 4.69) is 21.7 Å². The molecule has 3 aromatic rings. The van der Waals surface area contributed by atoms with Gasteiger partial charge in [0.2, 0.25) is 11.8 Å². The lowest BCUT2D eigenvalue weighted by atomic mass is 10.1. The Kier molecular flexibility index (Phi) is 3.98. The Balaban J connectivity index is 1.32. The highest BCUT2D eigenvalue weighted by Crippen LogP contribution is 2.24. The number of para-hydroxylation sites is 1. The van der Waals surface area contributed by atoms with Crippen molar-refractivity contribution in [3.05, 3.63) is 65.4 Å². The number of amides is 2. The molecule has 5 nitrogen and oxygen atoms in total. The van der Waals surface area contributed by atoms with Gasteiger partial charge in [0.15, 0.2) is 0 Å². The lowest BCUT2D eigenvalue weighted by Gasteiger charge is -2.06. The Hall–Kier alpha value is -3.08. The summed E-state index contributed by atoms with van der Waals surface area (Å²) >= 11 is 0. The number of H-pyrrole nitrogens is 1. The third-order valence-electron chi connectivity index (χ3n) is 4.55. The second kappa shape index (κ2) is 6.43. The number of anilines is 1. The summed E-state index contributed by atoms with van der Waals surface area (Å²) in [6, 6.07) is 13.9. The van der Waals surface area contributed by atoms with Crippen molar-refractivity contribution in [1.82, 2.24) is 10.3 Å². The van der Waals surface area contributed by atoms with E-state index in [0.717, 1.165) is 28.8 Å². The van der Waals surface area contributed by atoms with E-state index in [-0.39, 0.29) is 11.8 Å². The summed E-state index contributed by atoms with van der Waals surface area (Å²) in [6.07, 6.45) is 3.51. The average Bonchev–Trinajstić information content (AvgIpc) is 3.17. The molecule has 1 aliphatic rings. The molecule has 0 saturated carbocycles. The standard InChI is InChI=1S/C20H19N3O2/c24-19(10-13-5-6-17-15(9-13)11-20(25)23-17)21-8-7-14-12-22-18-4-2-1-3-16(14)18/h1-6,9,12,22H,7-8,10-11H2,(H,21,24)(H,23,25). The van der Waals surface area contributed by atoms with Crippen LogP contribution in [0.3, 0.4) is 0 Å². The van der Waals surface area contributed by atoms with Gasteiger partial charge in [0.25, 0.3) is 0 Å². The summed E-state index contributed by atoms with van der Waals surface area (Å²) in [4.78, 5) is 26.8. The highest BCUT2D eigenvalue weighted by molar-refractivity contribution is 5.99. The monoisotopic (exact) mass is 333 g/mol. The number of benzene rings is 2. The lowest BCUT2D eigenvalue weighted by molar-refractivity contribution is -0.120. The number of carbonyl (C=O) groups is 2. The second-order valence-corrected chi connectivity index (χ2v) is 6.35. The van der Waals surface area contributed by atoms with Gasteiger partial charge < -0.3 is 15.6 Å². The number of aromatic nitrogens is 1. The maximum atomic E-state index is 12.2. The van der Waals surface area contributed by atoms with Crippen LogP contribution in [0.2, 0.25) is 0 Å². The number of fused-ring (bicyclic) bond motifs is 2. The van der Waals surface area contributed by atoms with Gasteiger partial charge in [0.05, 0.1) is 12.8 Å². The number of nitrogens with one attached hydrogen (secondary N) is 3. The van der Waals surface area contributed by atoms with Crippen molar-refractivity contribution in [3.8, 4) is 0 Å². The first kappa shape index (κ1) is 15.4. The number of aromatic amines is 1. The molecule has 2 heterocycles. The molecule has 0 radical (unpaired) electrons. The topological polar surface area (TPSA) is 74.0 Å². The average molecular weight is 333 g/mol. The number of hydrogen-bond acceptors (Lipinski definition) is 2. The molecular weight excluding hydrogens is 314 g/mol. The molecule has 0 spiro atoms. The third-order valence-corrected chi connectivity index (χ3v) is 4.55. The summed E-state index contributed by atoms with van der Waals surface area (Å²) in [7, 11) is 0. The maximum absolute atomic E-state index is 12.2. The zero-order valence-electron chi connectivity index (χ0n) is 13.8. The highest BCUT2D eigenvalue weighted by Gasteiger charge is 2.17. The van der Waals surface area contributed by atoms with Crippen LogP contribution in [0.5, 0.6) is 0 Å².